The average Bonchev–Trinajstić information content (AvgIpc) is 2.97. The molecule has 2 aromatic heterocycles. The van der Waals surface area contributed by atoms with Gasteiger partial charge in [0.05, 0.1) is 5.69 Å². The van der Waals surface area contributed by atoms with Crippen LogP contribution < -0.4 is 5.32 Å². The molecule has 2 aromatic rings. The molecule has 0 aliphatic carbocycles. The van der Waals surface area contributed by atoms with Crippen molar-refractivity contribution in [3.8, 4) is 0 Å². The van der Waals surface area contributed by atoms with Gasteiger partial charge in [0.2, 0.25) is 0 Å². The molecular formula is C16H25N3S. The van der Waals surface area contributed by atoms with Crippen LogP contribution in [0.5, 0.6) is 0 Å². The van der Waals surface area contributed by atoms with Crippen LogP contribution in [-0.2, 0) is 13.0 Å². The maximum atomic E-state index is 4.61. The third kappa shape index (κ3) is 3.30. The predicted molar refractivity (Wildman–Crippen MR) is 86.4 cm³/mol. The van der Waals surface area contributed by atoms with Crippen LogP contribution in [0.1, 0.15) is 49.3 Å². The highest BCUT2D eigenvalue weighted by Gasteiger charge is 2.18. The normalized spacial score (nSPS) is 14.4. The molecule has 1 N–H and O–H groups in total. The largest absolute Gasteiger partial charge is 0.307 e. The average molecular weight is 291 g/mol. The van der Waals surface area contributed by atoms with E-state index in [0.29, 0.717) is 12.1 Å². The Morgan fingerprint density at radius 3 is 2.65 bits per heavy atom. The lowest BCUT2D eigenvalue weighted by Gasteiger charge is -2.20. The molecule has 3 nitrogen and oxygen atoms in total. The molecular weight excluding hydrogens is 266 g/mol. The third-order valence-electron chi connectivity index (χ3n) is 3.83. The van der Waals surface area contributed by atoms with E-state index in [0.717, 1.165) is 18.7 Å². The van der Waals surface area contributed by atoms with Crippen molar-refractivity contribution in [3.05, 3.63) is 39.3 Å². The number of nitrogens with zero attached hydrogens (tertiary/aromatic N) is 2. The summed E-state index contributed by atoms with van der Waals surface area (Å²) < 4.78 is 2.09. The maximum absolute atomic E-state index is 4.61. The molecule has 20 heavy (non-hydrogen) atoms. The number of aromatic nitrogens is 2. The minimum absolute atomic E-state index is 0.337. The predicted octanol–water partition coefficient (Wildman–Crippen LogP) is 3.86. The summed E-state index contributed by atoms with van der Waals surface area (Å²) in [5.41, 5.74) is 5.20. The molecule has 2 heterocycles. The Morgan fingerprint density at radius 1 is 1.35 bits per heavy atom. The first-order chi connectivity index (χ1) is 9.52. The zero-order chi connectivity index (χ0) is 14.7. The van der Waals surface area contributed by atoms with Crippen LogP contribution in [0, 0.1) is 13.8 Å². The summed E-state index contributed by atoms with van der Waals surface area (Å²) in [6.45, 7) is 11.8. The Morgan fingerprint density at radius 2 is 2.10 bits per heavy atom. The van der Waals surface area contributed by atoms with Crippen LogP contribution in [0.3, 0.4) is 0 Å². The summed E-state index contributed by atoms with van der Waals surface area (Å²) in [5, 5.41) is 12.7. The molecule has 0 saturated heterocycles. The fraction of sp³-hybridized carbons (Fsp3) is 0.562. The van der Waals surface area contributed by atoms with Crippen molar-refractivity contribution in [3.63, 3.8) is 0 Å². The lowest BCUT2D eigenvalue weighted by Crippen LogP contribution is -2.31. The van der Waals surface area contributed by atoms with Gasteiger partial charge < -0.3 is 5.32 Å². The lowest BCUT2D eigenvalue weighted by molar-refractivity contribution is 0.474. The number of nitrogens with one attached hydrogen (secondary N) is 1. The van der Waals surface area contributed by atoms with Gasteiger partial charge in [0.15, 0.2) is 0 Å². The van der Waals surface area contributed by atoms with E-state index in [9.17, 15) is 0 Å². The number of rotatable bonds is 6. The molecule has 0 bridgehead atoms. The Kier molecular flexibility index (Phi) is 5.00. The van der Waals surface area contributed by atoms with E-state index in [1.54, 1.807) is 11.3 Å². The lowest BCUT2D eigenvalue weighted by atomic mass is 10.0. The van der Waals surface area contributed by atoms with Crippen LogP contribution in [0.4, 0.5) is 0 Å². The van der Waals surface area contributed by atoms with E-state index < -0.39 is 0 Å². The molecule has 2 unspecified atom stereocenters. The Hall–Kier alpha value is -1.13. The number of hydrogen-bond acceptors (Lipinski definition) is 3. The van der Waals surface area contributed by atoms with E-state index in [1.165, 1.54) is 16.8 Å². The summed E-state index contributed by atoms with van der Waals surface area (Å²) in [7, 11) is 0. The van der Waals surface area contributed by atoms with E-state index in [1.807, 2.05) is 0 Å². The van der Waals surface area contributed by atoms with Gasteiger partial charge in [-0.15, -0.1) is 0 Å². The fourth-order valence-electron chi connectivity index (χ4n) is 2.98. The highest BCUT2D eigenvalue weighted by Crippen LogP contribution is 2.22. The van der Waals surface area contributed by atoms with Gasteiger partial charge in [-0.25, -0.2) is 0 Å². The Bertz CT molecular complexity index is 542. The van der Waals surface area contributed by atoms with Crippen molar-refractivity contribution in [2.24, 2.45) is 0 Å². The van der Waals surface area contributed by atoms with Crippen molar-refractivity contribution in [1.29, 1.82) is 0 Å². The number of hydrogen-bond donors (Lipinski definition) is 1. The molecule has 0 fully saturated rings. The van der Waals surface area contributed by atoms with E-state index >= 15 is 0 Å². The third-order valence-corrected chi connectivity index (χ3v) is 4.56. The first-order valence-corrected chi connectivity index (χ1v) is 8.28. The zero-order valence-corrected chi connectivity index (χ0v) is 13.9. The van der Waals surface area contributed by atoms with Gasteiger partial charge in [-0.05, 0) is 63.4 Å². The Labute approximate surface area is 126 Å². The molecule has 110 valence electrons. The summed E-state index contributed by atoms with van der Waals surface area (Å²) in [4.78, 5) is 0. The molecule has 2 atom stereocenters. The number of thiophene rings is 1. The monoisotopic (exact) mass is 291 g/mol. The van der Waals surface area contributed by atoms with E-state index in [2.05, 4.69) is 66.5 Å². The molecule has 4 heteroatoms. The topological polar surface area (TPSA) is 29.9 Å². The van der Waals surface area contributed by atoms with Gasteiger partial charge in [0.1, 0.15) is 0 Å². The Balaban J connectivity index is 2.04. The maximum Gasteiger partial charge on any atom is 0.0644 e. The smallest absolute Gasteiger partial charge is 0.0644 e. The molecule has 0 saturated carbocycles. The molecule has 0 aliphatic rings. The van der Waals surface area contributed by atoms with Crippen molar-refractivity contribution < 1.29 is 0 Å². The van der Waals surface area contributed by atoms with Crippen molar-refractivity contribution >= 4 is 11.3 Å². The fourth-order valence-corrected chi connectivity index (χ4v) is 3.66. The summed E-state index contributed by atoms with van der Waals surface area (Å²) in [5.74, 6) is 0. The highest BCUT2D eigenvalue weighted by atomic mass is 32.1. The van der Waals surface area contributed by atoms with Gasteiger partial charge in [0, 0.05) is 29.9 Å². The second-order valence-corrected chi connectivity index (χ2v) is 6.31. The molecule has 0 aromatic carbocycles. The minimum atomic E-state index is 0.337. The van der Waals surface area contributed by atoms with Crippen molar-refractivity contribution in [2.75, 3.05) is 0 Å². The van der Waals surface area contributed by atoms with Crippen molar-refractivity contribution in [2.45, 2.75) is 59.7 Å². The standard InChI is InChI=1S/C16H25N3S/c1-6-19-14(5)16(13(4)18-19)12(3)17-11(2)9-15-7-8-20-10-15/h7-8,10-12,17H,6,9H2,1-5H3. The highest BCUT2D eigenvalue weighted by molar-refractivity contribution is 7.07. The van der Waals surface area contributed by atoms with Crippen LogP contribution in [0.15, 0.2) is 16.8 Å². The summed E-state index contributed by atoms with van der Waals surface area (Å²) in [6, 6.07) is 3.01. The number of aryl methyl sites for hydroxylation is 2. The van der Waals surface area contributed by atoms with Crippen LogP contribution in [0.2, 0.25) is 0 Å². The van der Waals surface area contributed by atoms with E-state index in [-0.39, 0.29) is 0 Å². The second-order valence-electron chi connectivity index (χ2n) is 5.53. The van der Waals surface area contributed by atoms with Crippen molar-refractivity contribution in [1.82, 2.24) is 15.1 Å². The van der Waals surface area contributed by atoms with Crippen LogP contribution in [0.25, 0.3) is 0 Å². The molecule has 2 rings (SSSR count). The SMILES string of the molecule is CCn1nc(C)c(C(C)NC(C)Cc2ccsc2)c1C. The van der Waals surface area contributed by atoms with Crippen LogP contribution in [-0.4, -0.2) is 15.8 Å². The summed E-state index contributed by atoms with van der Waals surface area (Å²) in [6.07, 6.45) is 1.08. The molecule has 0 radical (unpaired) electrons. The summed E-state index contributed by atoms with van der Waals surface area (Å²) >= 11 is 1.77. The minimum Gasteiger partial charge on any atom is -0.307 e. The van der Waals surface area contributed by atoms with Gasteiger partial charge in [-0.1, -0.05) is 0 Å². The molecule has 0 aliphatic heterocycles. The van der Waals surface area contributed by atoms with Gasteiger partial charge in [-0.3, -0.25) is 4.68 Å². The van der Waals surface area contributed by atoms with E-state index in [4.69, 9.17) is 0 Å². The first kappa shape index (κ1) is 15.3. The van der Waals surface area contributed by atoms with Crippen LogP contribution >= 0.6 is 11.3 Å². The van der Waals surface area contributed by atoms with Gasteiger partial charge >= 0.3 is 0 Å². The van der Waals surface area contributed by atoms with Gasteiger partial charge in [-0.2, -0.15) is 16.4 Å². The van der Waals surface area contributed by atoms with Gasteiger partial charge in [0.25, 0.3) is 0 Å². The molecule has 0 amide bonds. The molecule has 0 spiro atoms. The second kappa shape index (κ2) is 6.55. The zero-order valence-electron chi connectivity index (χ0n) is 13.1. The quantitative estimate of drug-likeness (QED) is 0.875. The first-order valence-electron chi connectivity index (χ1n) is 7.34.